The summed E-state index contributed by atoms with van der Waals surface area (Å²) >= 11 is 5.29. The molecule has 0 N–H and O–H groups in total. The first kappa shape index (κ1) is 14.2. The molecule has 0 unspecified atom stereocenters. The Hall–Kier alpha value is -0.820. The Kier molecular flexibility index (Phi) is 7.06. The molecule has 0 aromatic heterocycles. The third-order valence-corrected chi connectivity index (χ3v) is 2.09. The van der Waals surface area contributed by atoms with Crippen molar-refractivity contribution in [1.29, 1.82) is 0 Å². The topological polar surface area (TPSA) is 0 Å². The zero-order valence-corrected chi connectivity index (χ0v) is 10.5. The Morgan fingerprint density at radius 3 is 2.20 bits per heavy atom. The Morgan fingerprint density at radius 2 is 1.80 bits per heavy atom. The van der Waals surface area contributed by atoms with Crippen molar-refractivity contribution >= 4 is 11.6 Å². The van der Waals surface area contributed by atoms with E-state index in [9.17, 15) is 4.39 Å². The van der Waals surface area contributed by atoms with E-state index in [4.69, 9.17) is 11.6 Å². The summed E-state index contributed by atoms with van der Waals surface area (Å²) in [6, 6.07) is 0. The lowest BCUT2D eigenvalue weighted by atomic mass is 10.0. The van der Waals surface area contributed by atoms with Crippen molar-refractivity contribution in [1.82, 2.24) is 0 Å². The minimum atomic E-state index is -0.409. The second-order valence-electron chi connectivity index (χ2n) is 3.75. The minimum absolute atomic E-state index is 0.409. The summed E-state index contributed by atoms with van der Waals surface area (Å²) < 4.78 is 13.0. The van der Waals surface area contributed by atoms with Gasteiger partial charge in [0.05, 0.1) is 0 Å². The smallest absolute Gasteiger partial charge is 0.134 e. The molecule has 0 aliphatic rings. The van der Waals surface area contributed by atoms with Crippen LogP contribution in [0.25, 0.3) is 0 Å². The highest BCUT2D eigenvalue weighted by atomic mass is 35.5. The fourth-order valence-electron chi connectivity index (χ4n) is 1.15. The molecule has 0 saturated heterocycles. The molecule has 0 rings (SSSR count). The Balaban J connectivity index is 4.91. The van der Waals surface area contributed by atoms with Crippen LogP contribution in [-0.2, 0) is 0 Å². The minimum Gasteiger partial charge on any atom is -0.206 e. The summed E-state index contributed by atoms with van der Waals surface area (Å²) in [5.74, 6) is -0.409. The molecule has 15 heavy (non-hydrogen) atoms. The van der Waals surface area contributed by atoms with Gasteiger partial charge < -0.3 is 0 Å². The third kappa shape index (κ3) is 7.15. The molecule has 0 radical (unpaired) electrons. The van der Waals surface area contributed by atoms with E-state index in [0.717, 1.165) is 23.1 Å². The van der Waals surface area contributed by atoms with Gasteiger partial charge in [-0.1, -0.05) is 34.9 Å². The normalized spacial score (nSPS) is 14.1. The molecule has 84 valence electrons. The van der Waals surface area contributed by atoms with E-state index < -0.39 is 5.83 Å². The van der Waals surface area contributed by atoms with E-state index in [1.54, 1.807) is 0 Å². The van der Waals surface area contributed by atoms with E-state index >= 15 is 0 Å². The fourth-order valence-corrected chi connectivity index (χ4v) is 1.21. The van der Waals surface area contributed by atoms with Gasteiger partial charge in [0.15, 0.2) is 0 Å². The Labute approximate surface area is 96.8 Å². The summed E-state index contributed by atoms with van der Waals surface area (Å²) in [5, 5.41) is 0. The Bertz CT molecular complexity index is 315. The summed E-state index contributed by atoms with van der Waals surface area (Å²) in [6.07, 6.45) is 6.20. The van der Waals surface area contributed by atoms with Gasteiger partial charge in [-0.3, -0.25) is 0 Å². The SMILES string of the molecule is C/C=C(\C)C/C(C=C(C)C)=C/C(F)=C/Cl. The summed E-state index contributed by atoms with van der Waals surface area (Å²) in [7, 11) is 0. The first-order valence-corrected chi connectivity index (χ1v) is 5.36. The third-order valence-electron chi connectivity index (χ3n) is 1.88. The molecule has 0 aliphatic carbocycles. The molecule has 0 heterocycles. The van der Waals surface area contributed by atoms with E-state index in [2.05, 4.69) is 0 Å². The zero-order chi connectivity index (χ0) is 11.8. The molecule has 0 atom stereocenters. The van der Waals surface area contributed by atoms with Gasteiger partial charge in [-0.2, -0.15) is 0 Å². The molecule has 0 bridgehead atoms. The van der Waals surface area contributed by atoms with Crippen molar-refractivity contribution in [2.45, 2.75) is 34.1 Å². The van der Waals surface area contributed by atoms with Crippen molar-refractivity contribution in [3.8, 4) is 0 Å². The van der Waals surface area contributed by atoms with Gasteiger partial charge in [0.2, 0.25) is 0 Å². The molecule has 0 nitrogen and oxygen atoms in total. The second-order valence-corrected chi connectivity index (χ2v) is 3.96. The van der Waals surface area contributed by atoms with Gasteiger partial charge in [-0.05, 0) is 45.8 Å². The number of hydrogen-bond acceptors (Lipinski definition) is 0. The van der Waals surface area contributed by atoms with Crippen LogP contribution in [0.4, 0.5) is 4.39 Å². The van der Waals surface area contributed by atoms with Crippen LogP contribution in [0, 0.1) is 0 Å². The maximum absolute atomic E-state index is 13.0. The second kappa shape index (κ2) is 7.47. The highest BCUT2D eigenvalue weighted by molar-refractivity contribution is 6.25. The van der Waals surface area contributed by atoms with Crippen LogP contribution in [0.1, 0.15) is 34.1 Å². The van der Waals surface area contributed by atoms with Crippen LogP contribution >= 0.6 is 11.6 Å². The Morgan fingerprint density at radius 1 is 1.20 bits per heavy atom. The van der Waals surface area contributed by atoms with Crippen LogP contribution in [0.5, 0.6) is 0 Å². The molecule has 2 heteroatoms. The van der Waals surface area contributed by atoms with Gasteiger partial charge in [0, 0.05) is 5.54 Å². The molecular weight excluding hydrogens is 211 g/mol. The van der Waals surface area contributed by atoms with Crippen LogP contribution in [0.3, 0.4) is 0 Å². The maximum Gasteiger partial charge on any atom is 0.134 e. The molecule has 0 aromatic carbocycles. The van der Waals surface area contributed by atoms with Gasteiger partial charge in [0.1, 0.15) is 5.83 Å². The summed E-state index contributed by atoms with van der Waals surface area (Å²) in [5.41, 5.74) is 4.23. The van der Waals surface area contributed by atoms with Gasteiger partial charge >= 0.3 is 0 Å². The van der Waals surface area contributed by atoms with E-state index in [1.165, 1.54) is 11.6 Å². The van der Waals surface area contributed by atoms with Crippen LogP contribution < -0.4 is 0 Å². The van der Waals surface area contributed by atoms with E-state index in [1.807, 2.05) is 39.8 Å². The lowest BCUT2D eigenvalue weighted by Gasteiger charge is -2.03. The number of halogens is 2. The van der Waals surface area contributed by atoms with Crippen molar-refractivity contribution < 1.29 is 4.39 Å². The van der Waals surface area contributed by atoms with Crippen molar-refractivity contribution in [2.75, 3.05) is 0 Å². The van der Waals surface area contributed by atoms with Crippen molar-refractivity contribution in [3.63, 3.8) is 0 Å². The van der Waals surface area contributed by atoms with Gasteiger partial charge in [0.25, 0.3) is 0 Å². The fraction of sp³-hybridized carbons (Fsp3) is 0.385. The maximum atomic E-state index is 13.0. The van der Waals surface area contributed by atoms with Crippen LogP contribution in [-0.4, -0.2) is 0 Å². The highest BCUT2D eigenvalue weighted by Gasteiger charge is 1.97. The number of rotatable bonds is 4. The van der Waals surface area contributed by atoms with Crippen LogP contribution in [0.15, 0.2) is 46.3 Å². The average molecular weight is 229 g/mol. The quantitative estimate of drug-likeness (QED) is 0.453. The lowest BCUT2D eigenvalue weighted by molar-refractivity contribution is 0.667. The van der Waals surface area contributed by atoms with Crippen LogP contribution in [0.2, 0.25) is 0 Å². The summed E-state index contributed by atoms with van der Waals surface area (Å²) in [6.45, 7) is 7.97. The van der Waals surface area contributed by atoms with Crippen molar-refractivity contribution in [2.24, 2.45) is 0 Å². The average Bonchev–Trinajstić information content (AvgIpc) is 2.16. The van der Waals surface area contributed by atoms with Gasteiger partial charge in [-0.15, -0.1) is 0 Å². The first-order valence-electron chi connectivity index (χ1n) is 4.92. The molecule has 0 spiro atoms. The first-order chi connectivity index (χ1) is 6.99. The zero-order valence-electron chi connectivity index (χ0n) is 9.77. The predicted molar refractivity (Wildman–Crippen MR) is 66.6 cm³/mol. The van der Waals surface area contributed by atoms with Gasteiger partial charge in [-0.25, -0.2) is 4.39 Å². The lowest BCUT2D eigenvalue weighted by Crippen LogP contribution is -1.84. The molecular formula is C13H18ClF. The monoisotopic (exact) mass is 228 g/mol. The molecule has 0 amide bonds. The van der Waals surface area contributed by atoms with Crippen molar-refractivity contribution in [3.05, 3.63) is 46.3 Å². The van der Waals surface area contributed by atoms with E-state index in [0.29, 0.717) is 0 Å². The molecule has 0 aliphatic heterocycles. The predicted octanol–water partition coefficient (Wildman–Crippen LogP) is 5.29. The number of allylic oxidation sites excluding steroid dienone is 7. The molecule has 0 fully saturated rings. The molecule has 0 saturated carbocycles. The highest BCUT2D eigenvalue weighted by Crippen LogP contribution is 2.17. The largest absolute Gasteiger partial charge is 0.206 e. The van der Waals surface area contributed by atoms with E-state index in [-0.39, 0.29) is 0 Å². The molecule has 0 aromatic rings. The number of hydrogen-bond donors (Lipinski definition) is 0. The standard InChI is InChI=1S/C13H18ClF/c1-5-11(4)7-12(6-10(2)3)8-13(15)9-14/h5-6,8-9H,7H2,1-4H3/b11-5+,12-8+,13-9-. The summed E-state index contributed by atoms with van der Waals surface area (Å²) in [4.78, 5) is 0.